The van der Waals surface area contributed by atoms with Crippen LogP contribution in [0.5, 0.6) is 0 Å². The maximum Gasteiger partial charge on any atom is 0.323 e. The molecule has 0 bridgehead atoms. The van der Waals surface area contributed by atoms with Crippen molar-refractivity contribution in [3.63, 3.8) is 0 Å². The summed E-state index contributed by atoms with van der Waals surface area (Å²) in [6, 6.07) is 0.148. The largest absolute Gasteiger partial charge is 0.480 e. The molecule has 1 N–H and O–H groups in total. The summed E-state index contributed by atoms with van der Waals surface area (Å²) >= 11 is 0. The molecule has 0 radical (unpaired) electrons. The van der Waals surface area contributed by atoms with Gasteiger partial charge in [-0.1, -0.05) is 0 Å². The van der Waals surface area contributed by atoms with Crippen molar-refractivity contribution >= 4 is 11.9 Å². The van der Waals surface area contributed by atoms with Crippen LogP contribution in [-0.2, 0) is 14.3 Å². The molecule has 0 saturated heterocycles. The molecular weight excluding hydrogens is 198 g/mol. The molecule has 1 amide bonds. The molecule has 1 rings (SSSR count). The highest BCUT2D eigenvalue weighted by molar-refractivity contribution is 5.82. The van der Waals surface area contributed by atoms with Gasteiger partial charge in [-0.3, -0.25) is 9.59 Å². The van der Waals surface area contributed by atoms with Crippen LogP contribution in [0.2, 0.25) is 0 Å². The van der Waals surface area contributed by atoms with Gasteiger partial charge in [0.1, 0.15) is 6.54 Å². The van der Waals surface area contributed by atoms with Crippen LogP contribution in [0.3, 0.4) is 0 Å². The molecule has 1 aliphatic carbocycles. The molecule has 5 nitrogen and oxygen atoms in total. The lowest BCUT2D eigenvalue weighted by molar-refractivity contribution is -0.145. The quantitative estimate of drug-likeness (QED) is 0.627. The smallest absolute Gasteiger partial charge is 0.323 e. The van der Waals surface area contributed by atoms with E-state index in [0.29, 0.717) is 13.2 Å². The molecule has 1 aliphatic rings. The van der Waals surface area contributed by atoms with Crippen molar-refractivity contribution < 1.29 is 19.4 Å². The number of carboxylic acids is 1. The number of carbonyl (C=O) groups excluding carboxylic acids is 1. The fourth-order valence-electron chi connectivity index (χ4n) is 1.40. The number of carboxylic acid groups (broad SMARTS) is 1. The van der Waals surface area contributed by atoms with Gasteiger partial charge in [-0.05, 0) is 19.8 Å². The lowest BCUT2D eigenvalue weighted by atomic mass is 10.3. The molecule has 0 spiro atoms. The SMILES string of the molecule is CCOCCC(=O)N(CC(=O)O)C1CC1. The fraction of sp³-hybridized carbons (Fsp3) is 0.800. The Morgan fingerprint density at radius 3 is 2.60 bits per heavy atom. The summed E-state index contributed by atoms with van der Waals surface area (Å²) < 4.78 is 5.06. The Labute approximate surface area is 89.0 Å². The number of aliphatic carboxylic acids is 1. The van der Waals surface area contributed by atoms with Gasteiger partial charge in [-0.2, -0.15) is 0 Å². The second kappa shape index (κ2) is 5.70. The van der Waals surface area contributed by atoms with E-state index in [1.807, 2.05) is 6.92 Å². The van der Waals surface area contributed by atoms with Crippen LogP contribution in [0, 0.1) is 0 Å². The molecule has 5 heteroatoms. The van der Waals surface area contributed by atoms with E-state index in [-0.39, 0.29) is 24.9 Å². The van der Waals surface area contributed by atoms with Gasteiger partial charge >= 0.3 is 5.97 Å². The van der Waals surface area contributed by atoms with Crippen molar-refractivity contribution in [1.82, 2.24) is 4.90 Å². The first-order valence-electron chi connectivity index (χ1n) is 5.24. The Hall–Kier alpha value is -1.10. The van der Waals surface area contributed by atoms with Gasteiger partial charge in [0.25, 0.3) is 0 Å². The summed E-state index contributed by atoms with van der Waals surface area (Å²) in [5.74, 6) is -1.07. The van der Waals surface area contributed by atoms with E-state index in [1.54, 1.807) is 0 Å². The first-order chi connectivity index (χ1) is 7.15. The maximum absolute atomic E-state index is 11.6. The van der Waals surface area contributed by atoms with Gasteiger partial charge in [0.2, 0.25) is 5.91 Å². The van der Waals surface area contributed by atoms with Crippen LogP contribution in [0.25, 0.3) is 0 Å². The molecule has 0 aromatic heterocycles. The Morgan fingerprint density at radius 2 is 2.13 bits per heavy atom. The first kappa shape index (κ1) is 12.0. The maximum atomic E-state index is 11.6. The molecule has 86 valence electrons. The Balaban J connectivity index is 2.34. The topological polar surface area (TPSA) is 66.8 Å². The number of hydrogen-bond donors (Lipinski definition) is 1. The molecule has 0 aromatic carbocycles. The molecule has 0 aromatic rings. The minimum atomic E-state index is -0.952. The molecule has 1 fully saturated rings. The molecule has 0 atom stereocenters. The van der Waals surface area contributed by atoms with Crippen molar-refractivity contribution in [1.29, 1.82) is 0 Å². The highest BCUT2D eigenvalue weighted by Crippen LogP contribution is 2.27. The number of nitrogens with zero attached hydrogens (tertiary/aromatic N) is 1. The van der Waals surface area contributed by atoms with Gasteiger partial charge in [0, 0.05) is 12.6 Å². The lowest BCUT2D eigenvalue weighted by Gasteiger charge is -2.19. The van der Waals surface area contributed by atoms with Crippen LogP contribution in [-0.4, -0.2) is 47.7 Å². The van der Waals surface area contributed by atoms with Crippen molar-refractivity contribution in [3.8, 4) is 0 Å². The average molecular weight is 215 g/mol. The van der Waals surface area contributed by atoms with Gasteiger partial charge in [0.15, 0.2) is 0 Å². The van der Waals surface area contributed by atoms with Gasteiger partial charge in [-0.25, -0.2) is 0 Å². The van der Waals surface area contributed by atoms with Gasteiger partial charge in [0.05, 0.1) is 13.0 Å². The Kier molecular flexibility index (Phi) is 4.55. The number of rotatable bonds is 7. The van der Waals surface area contributed by atoms with E-state index < -0.39 is 5.97 Å². The third-order valence-corrected chi connectivity index (χ3v) is 2.28. The Morgan fingerprint density at radius 1 is 1.47 bits per heavy atom. The number of hydrogen-bond acceptors (Lipinski definition) is 3. The van der Waals surface area contributed by atoms with Crippen LogP contribution in [0.15, 0.2) is 0 Å². The monoisotopic (exact) mass is 215 g/mol. The van der Waals surface area contributed by atoms with Crippen molar-refractivity contribution in [3.05, 3.63) is 0 Å². The van der Waals surface area contributed by atoms with Crippen molar-refractivity contribution in [2.24, 2.45) is 0 Å². The molecule has 0 aliphatic heterocycles. The second-order valence-electron chi connectivity index (χ2n) is 3.59. The molecular formula is C10H17NO4. The molecule has 0 unspecified atom stereocenters. The zero-order valence-electron chi connectivity index (χ0n) is 8.94. The van der Waals surface area contributed by atoms with Crippen LogP contribution in [0.4, 0.5) is 0 Å². The van der Waals surface area contributed by atoms with Gasteiger partial charge in [-0.15, -0.1) is 0 Å². The van der Waals surface area contributed by atoms with Crippen LogP contribution in [0.1, 0.15) is 26.2 Å². The van der Waals surface area contributed by atoms with E-state index in [9.17, 15) is 9.59 Å². The zero-order chi connectivity index (χ0) is 11.3. The predicted octanol–water partition coefficient (Wildman–Crippen LogP) is 0.489. The summed E-state index contributed by atoms with van der Waals surface area (Å²) in [5, 5.41) is 8.66. The van der Waals surface area contributed by atoms with Gasteiger partial charge < -0.3 is 14.7 Å². The fourth-order valence-corrected chi connectivity index (χ4v) is 1.40. The highest BCUT2D eigenvalue weighted by atomic mass is 16.5. The Bertz CT molecular complexity index is 238. The van der Waals surface area contributed by atoms with Crippen molar-refractivity contribution in [2.45, 2.75) is 32.2 Å². The summed E-state index contributed by atoms with van der Waals surface area (Å²) in [5.41, 5.74) is 0. The normalized spacial score (nSPS) is 15.0. The average Bonchev–Trinajstić information content (AvgIpc) is 2.97. The predicted molar refractivity (Wildman–Crippen MR) is 53.5 cm³/mol. The molecule has 15 heavy (non-hydrogen) atoms. The van der Waals surface area contributed by atoms with Crippen molar-refractivity contribution in [2.75, 3.05) is 19.8 Å². The molecule has 1 saturated carbocycles. The summed E-state index contributed by atoms with van der Waals surface area (Å²) in [4.78, 5) is 23.6. The third kappa shape index (κ3) is 4.29. The third-order valence-electron chi connectivity index (χ3n) is 2.28. The standard InChI is InChI=1S/C10H17NO4/c1-2-15-6-5-9(12)11(7-10(13)14)8-3-4-8/h8H,2-7H2,1H3,(H,13,14). The minimum Gasteiger partial charge on any atom is -0.480 e. The highest BCUT2D eigenvalue weighted by Gasteiger charge is 2.33. The lowest BCUT2D eigenvalue weighted by Crippen LogP contribution is -2.37. The summed E-state index contributed by atoms with van der Waals surface area (Å²) in [7, 11) is 0. The summed E-state index contributed by atoms with van der Waals surface area (Å²) in [6.45, 7) is 2.63. The van der Waals surface area contributed by atoms with E-state index in [1.165, 1.54) is 4.90 Å². The van der Waals surface area contributed by atoms with E-state index in [2.05, 4.69) is 0 Å². The van der Waals surface area contributed by atoms with Crippen LogP contribution < -0.4 is 0 Å². The van der Waals surface area contributed by atoms with Crippen LogP contribution >= 0.6 is 0 Å². The number of amides is 1. The van der Waals surface area contributed by atoms with E-state index in [4.69, 9.17) is 9.84 Å². The summed E-state index contributed by atoms with van der Waals surface area (Å²) in [6.07, 6.45) is 2.12. The minimum absolute atomic E-state index is 0.117. The first-order valence-corrected chi connectivity index (χ1v) is 5.24. The van der Waals surface area contributed by atoms with E-state index in [0.717, 1.165) is 12.8 Å². The van der Waals surface area contributed by atoms with E-state index >= 15 is 0 Å². The zero-order valence-corrected chi connectivity index (χ0v) is 8.94. The molecule has 0 heterocycles. The second-order valence-corrected chi connectivity index (χ2v) is 3.59. The number of carbonyl (C=O) groups is 2. The number of ether oxygens (including phenoxy) is 1.